The molecule has 1 aliphatic rings. The highest BCUT2D eigenvalue weighted by Gasteiger charge is 2.16. The minimum absolute atomic E-state index is 0.0236. The zero-order chi connectivity index (χ0) is 21.9. The molecule has 30 heavy (non-hydrogen) atoms. The molecule has 1 unspecified atom stereocenters. The van der Waals surface area contributed by atoms with Gasteiger partial charge in [-0.25, -0.2) is 0 Å². The van der Waals surface area contributed by atoms with Gasteiger partial charge in [-0.2, -0.15) is 10.2 Å². The number of aromatic nitrogens is 2. The fourth-order valence-electron chi connectivity index (χ4n) is 2.58. The van der Waals surface area contributed by atoms with E-state index >= 15 is 0 Å². The summed E-state index contributed by atoms with van der Waals surface area (Å²) in [5.41, 5.74) is 8.52. The van der Waals surface area contributed by atoms with Crippen LogP contribution in [0.5, 0.6) is 0 Å². The van der Waals surface area contributed by atoms with Gasteiger partial charge in [0.2, 0.25) is 5.43 Å². The van der Waals surface area contributed by atoms with Crippen molar-refractivity contribution in [2.24, 2.45) is 10.1 Å². The number of hydrazone groups is 1. The maximum Gasteiger partial charge on any atom is 0.203 e. The first kappa shape index (κ1) is 22.8. The second kappa shape index (κ2) is 11.5. The molecule has 0 amide bonds. The van der Waals surface area contributed by atoms with Gasteiger partial charge in [0.05, 0.1) is 31.3 Å². The van der Waals surface area contributed by atoms with Gasteiger partial charge in [-0.3, -0.25) is 19.5 Å². The van der Waals surface area contributed by atoms with Gasteiger partial charge in [-0.1, -0.05) is 0 Å². The Hall–Kier alpha value is -3.46. The van der Waals surface area contributed by atoms with Gasteiger partial charge >= 0.3 is 0 Å². The molecule has 160 valence electrons. The van der Waals surface area contributed by atoms with Crippen LogP contribution in [0.25, 0.3) is 6.08 Å². The second-order valence-electron chi connectivity index (χ2n) is 6.56. The predicted octanol–water partition coefficient (Wildman–Crippen LogP) is 2.26. The summed E-state index contributed by atoms with van der Waals surface area (Å²) in [6.45, 7) is 7.09. The van der Waals surface area contributed by atoms with Crippen LogP contribution in [0.2, 0.25) is 0 Å². The average molecular weight is 412 g/mol. The minimum atomic E-state index is -0.0236. The van der Waals surface area contributed by atoms with Gasteiger partial charge in [-0.05, 0) is 37.9 Å². The van der Waals surface area contributed by atoms with Crippen molar-refractivity contribution in [3.8, 4) is 0 Å². The molecule has 2 N–H and O–H groups in total. The number of benzene rings is 1. The van der Waals surface area contributed by atoms with Crippen molar-refractivity contribution >= 4 is 30.4 Å². The van der Waals surface area contributed by atoms with Crippen molar-refractivity contribution in [2.45, 2.75) is 13.0 Å². The van der Waals surface area contributed by atoms with Crippen LogP contribution >= 0.6 is 0 Å². The lowest BCUT2D eigenvalue weighted by atomic mass is 10.1. The molecule has 1 aromatic carbocycles. The van der Waals surface area contributed by atoms with Crippen LogP contribution in [0.4, 0.5) is 11.4 Å². The summed E-state index contributed by atoms with van der Waals surface area (Å²) in [6.07, 6.45) is 6.93. The summed E-state index contributed by atoms with van der Waals surface area (Å²) in [5, 5.41) is 10.1. The van der Waals surface area contributed by atoms with Crippen molar-refractivity contribution in [1.82, 2.24) is 14.8 Å². The lowest BCUT2D eigenvalue weighted by Gasteiger charge is -2.12. The maximum absolute atomic E-state index is 11.1. The number of hydrogen-bond acceptors (Lipinski definition) is 8. The Labute approximate surface area is 176 Å². The highest BCUT2D eigenvalue weighted by Crippen LogP contribution is 2.22. The first-order valence-electron chi connectivity index (χ1n) is 9.39. The van der Waals surface area contributed by atoms with Crippen LogP contribution in [0.3, 0.4) is 0 Å². The lowest BCUT2D eigenvalue weighted by Crippen LogP contribution is -2.22. The number of rotatable bonds is 7. The number of hydrogen-bond donors (Lipinski definition) is 1. The molecule has 2 heterocycles. The van der Waals surface area contributed by atoms with Crippen LogP contribution < -0.4 is 11.2 Å². The smallest absolute Gasteiger partial charge is 0.203 e. The van der Waals surface area contributed by atoms with Gasteiger partial charge < -0.3 is 15.2 Å². The van der Waals surface area contributed by atoms with E-state index in [9.17, 15) is 4.79 Å². The number of likely N-dealkylation sites (N-methyl/N-ethyl adjacent to an activating group) is 1. The van der Waals surface area contributed by atoms with Crippen molar-refractivity contribution in [3.05, 3.63) is 58.2 Å². The molecule has 0 radical (unpaired) electrons. The van der Waals surface area contributed by atoms with Crippen LogP contribution in [0.1, 0.15) is 17.3 Å². The molecule has 0 aliphatic carbocycles. The van der Waals surface area contributed by atoms with Crippen LogP contribution in [-0.2, 0) is 9.47 Å². The number of aryl methyl sites for hydroxylation is 1. The van der Waals surface area contributed by atoms with Crippen molar-refractivity contribution in [2.75, 3.05) is 39.6 Å². The summed E-state index contributed by atoms with van der Waals surface area (Å²) < 4.78 is 11.8. The van der Waals surface area contributed by atoms with E-state index in [2.05, 4.69) is 21.9 Å². The number of aliphatic imine (C=N–C) groups is 1. The Morgan fingerprint density at radius 3 is 2.80 bits per heavy atom. The van der Waals surface area contributed by atoms with Gasteiger partial charge in [0.15, 0.2) is 0 Å². The molecule has 9 nitrogen and oxygen atoms in total. The first-order valence-corrected chi connectivity index (χ1v) is 9.39. The fraction of sp³-hybridized carbons (Fsp3) is 0.333. The Kier molecular flexibility index (Phi) is 8.76. The normalized spacial score (nSPS) is 15.2. The van der Waals surface area contributed by atoms with E-state index in [0.29, 0.717) is 24.6 Å². The molecular weight excluding hydrogens is 384 g/mol. The number of methoxy groups -OCH3 is 1. The third-order valence-electron chi connectivity index (χ3n) is 4.20. The highest BCUT2D eigenvalue weighted by atomic mass is 16.5. The average Bonchev–Trinajstić information content (AvgIpc) is 3.17. The molecule has 0 spiro atoms. The number of ether oxygens (including phenoxy) is 2. The Bertz CT molecular complexity index is 954. The quantitative estimate of drug-likeness (QED) is 0.323. The molecule has 1 aliphatic heterocycles. The molecule has 9 heteroatoms. The third kappa shape index (κ3) is 6.85. The SMILES string of the molecule is C=Nc1ccc(N)cc1/C=C/OCCOC.Cc1nn(C2C=NN(C)C2)ccc1=O. The minimum Gasteiger partial charge on any atom is -0.499 e. The lowest BCUT2D eigenvalue weighted by molar-refractivity contribution is 0.124. The number of nitrogens with zero attached hydrogens (tertiary/aromatic N) is 5. The molecule has 0 saturated heterocycles. The third-order valence-corrected chi connectivity index (χ3v) is 4.20. The summed E-state index contributed by atoms with van der Waals surface area (Å²) in [6, 6.07) is 7.10. The van der Waals surface area contributed by atoms with E-state index in [1.807, 2.05) is 30.4 Å². The van der Waals surface area contributed by atoms with E-state index in [4.69, 9.17) is 15.2 Å². The molecule has 1 aromatic heterocycles. The molecule has 3 rings (SSSR count). The molecule has 0 saturated carbocycles. The number of nitrogen functional groups attached to an aromatic ring is 1. The standard InChI is InChI=1S/C12H16N2O2.C9H12N4O/c1-14-12-4-3-11(13)9-10(12)5-6-16-8-7-15-2;1-7-9(14)3-4-13(11-7)8-5-10-12(2)6-8/h3-6,9H,1,7-8,13H2,2H3;3-5,8H,6H2,1-2H3/b6-5+;. The topological polar surface area (TPSA) is 107 Å². The van der Waals surface area contributed by atoms with Gasteiger partial charge in [0.1, 0.15) is 18.3 Å². The molecule has 0 fully saturated rings. The molecule has 1 atom stereocenters. The zero-order valence-corrected chi connectivity index (χ0v) is 17.6. The van der Waals surface area contributed by atoms with E-state index < -0.39 is 0 Å². The van der Waals surface area contributed by atoms with Gasteiger partial charge in [0, 0.05) is 37.7 Å². The maximum atomic E-state index is 11.1. The van der Waals surface area contributed by atoms with E-state index in [-0.39, 0.29) is 11.5 Å². The largest absolute Gasteiger partial charge is 0.499 e. The van der Waals surface area contributed by atoms with Crippen molar-refractivity contribution in [1.29, 1.82) is 0 Å². The summed E-state index contributed by atoms with van der Waals surface area (Å²) in [5.74, 6) is 0. The zero-order valence-electron chi connectivity index (χ0n) is 17.6. The van der Waals surface area contributed by atoms with Crippen LogP contribution in [0, 0.1) is 6.92 Å². The molecular formula is C21H28N6O3. The van der Waals surface area contributed by atoms with Crippen LogP contribution in [0.15, 0.2) is 51.6 Å². The molecule has 2 aromatic rings. The second-order valence-corrected chi connectivity index (χ2v) is 6.56. The molecule has 0 bridgehead atoms. The van der Waals surface area contributed by atoms with E-state index in [1.165, 1.54) is 6.07 Å². The Balaban J connectivity index is 0.000000215. The predicted molar refractivity (Wildman–Crippen MR) is 120 cm³/mol. The Morgan fingerprint density at radius 1 is 1.37 bits per heavy atom. The summed E-state index contributed by atoms with van der Waals surface area (Å²) >= 11 is 0. The van der Waals surface area contributed by atoms with Crippen molar-refractivity contribution < 1.29 is 9.47 Å². The van der Waals surface area contributed by atoms with Gasteiger partial charge in [-0.15, -0.1) is 0 Å². The first-order chi connectivity index (χ1) is 14.4. The number of anilines is 1. The van der Waals surface area contributed by atoms with Crippen LogP contribution in [-0.4, -0.2) is 61.6 Å². The van der Waals surface area contributed by atoms with E-state index in [1.54, 1.807) is 43.3 Å². The highest BCUT2D eigenvalue weighted by molar-refractivity contribution is 5.69. The van der Waals surface area contributed by atoms with Gasteiger partial charge in [0.25, 0.3) is 0 Å². The summed E-state index contributed by atoms with van der Waals surface area (Å²) in [7, 11) is 3.54. The summed E-state index contributed by atoms with van der Waals surface area (Å²) in [4.78, 5) is 15.0. The fourth-order valence-corrected chi connectivity index (χ4v) is 2.58. The van der Waals surface area contributed by atoms with Crippen molar-refractivity contribution in [3.63, 3.8) is 0 Å². The van der Waals surface area contributed by atoms with E-state index in [0.717, 1.165) is 17.8 Å². The Morgan fingerprint density at radius 2 is 2.17 bits per heavy atom. The number of nitrogens with two attached hydrogens (primary N) is 1. The monoisotopic (exact) mass is 412 g/mol.